The normalized spacial score (nSPS) is 42.3. The highest BCUT2D eigenvalue weighted by atomic mass is 16.7. The van der Waals surface area contributed by atoms with Crippen LogP contribution in [0.4, 0.5) is 4.79 Å². The van der Waals surface area contributed by atoms with Crippen LogP contribution in [0.2, 0.25) is 0 Å². The number of nitrogens with one attached hydrogen (secondary N) is 1. The van der Waals surface area contributed by atoms with E-state index < -0.39 is 46.4 Å². The molecule has 37 heavy (non-hydrogen) atoms. The Hall–Kier alpha value is -1.74. The molecule has 0 radical (unpaired) electrons. The molecule has 8 heteroatoms. The maximum Gasteiger partial charge on any atom is 0.410 e. The maximum absolute atomic E-state index is 14.8. The van der Waals surface area contributed by atoms with Gasteiger partial charge in [-0.25, -0.2) is 4.79 Å². The fourth-order valence-corrected chi connectivity index (χ4v) is 7.69. The highest BCUT2D eigenvalue weighted by Gasteiger charge is 2.74. The summed E-state index contributed by atoms with van der Waals surface area (Å²) in [5.74, 6) is -1.74. The van der Waals surface area contributed by atoms with Gasteiger partial charge >= 0.3 is 6.09 Å². The summed E-state index contributed by atoms with van der Waals surface area (Å²) in [7, 11) is 3.68. The van der Waals surface area contributed by atoms with E-state index in [1.807, 2.05) is 46.9 Å². The Bertz CT molecular complexity index is 1040. The number of ether oxygens (including phenoxy) is 3. The molecule has 1 saturated heterocycles. The molecule has 1 spiro atoms. The second-order valence-electron chi connectivity index (χ2n) is 13.1. The lowest BCUT2D eigenvalue weighted by Crippen LogP contribution is -2.68. The van der Waals surface area contributed by atoms with E-state index in [0.29, 0.717) is 12.0 Å². The van der Waals surface area contributed by atoms with Crippen LogP contribution in [0.25, 0.3) is 0 Å². The lowest BCUT2D eigenvalue weighted by atomic mass is 9.59. The van der Waals surface area contributed by atoms with Gasteiger partial charge in [0.2, 0.25) is 0 Å². The summed E-state index contributed by atoms with van der Waals surface area (Å²) in [6.45, 7) is 12.0. The predicted octanol–water partition coefficient (Wildman–Crippen LogP) is 3.58. The van der Waals surface area contributed by atoms with Crippen molar-refractivity contribution in [3.05, 3.63) is 23.3 Å². The fraction of sp³-hybridized carbons (Fsp3) is 0.793. The maximum atomic E-state index is 14.8. The first-order valence-corrected chi connectivity index (χ1v) is 13.8. The minimum absolute atomic E-state index is 0.0374. The molecule has 3 fully saturated rings. The number of hydrogen-bond acceptors (Lipinski definition) is 7. The van der Waals surface area contributed by atoms with Crippen molar-refractivity contribution in [2.75, 3.05) is 20.7 Å². The Balaban J connectivity index is 1.68. The molecule has 0 aromatic rings. The van der Waals surface area contributed by atoms with Crippen molar-refractivity contribution in [1.82, 2.24) is 10.2 Å². The van der Waals surface area contributed by atoms with Crippen molar-refractivity contribution in [2.45, 2.75) is 103 Å². The number of nitrogens with zero attached hydrogens (tertiary/aromatic N) is 1. The summed E-state index contributed by atoms with van der Waals surface area (Å²) >= 11 is 0. The van der Waals surface area contributed by atoms with Crippen LogP contribution < -0.4 is 5.32 Å². The first-order valence-electron chi connectivity index (χ1n) is 13.8. The number of carbonyl (C=O) groups excluding carboxylic acids is 2. The molecule has 1 amide bonds. The molecule has 7 atom stereocenters. The molecule has 1 heterocycles. The minimum Gasteiger partial charge on any atom is -0.438 e. The summed E-state index contributed by atoms with van der Waals surface area (Å²) in [5.41, 5.74) is -2.12. The van der Waals surface area contributed by atoms with Crippen molar-refractivity contribution in [1.29, 1.82) is 0 Å². The Kier molecular flexibility index (Phi) is 6.26. The van der Waals surface area contributed by atoms with Crippen molar-refractivity contribution in [3.8, 4) is 0 Å². The Morgan fingerprint density at radius 2 is 1.92 bits per heavy atom. The van der Waals surface area contributed by atoms with E-state index >= 15 is 0 Å². The molecule has 1 aliphatic heterocycles. The van der Waals surface area contributed by atoms with Crippen LogP contribution in [0.15, 0.2) is 23.3 Å². The third-order valence-corrected chi connectivity index (χ3v) is 10.3. The van der Waals surface area contributed by atoms with Crippen molar-refractivity contribution in [2.24, 2.45) is 22.7 Å². The third-order valence-electron chi connectivity index (χ3n) is 10.3. The minimum atomic E-state index is -1.82. The molecular formula is C29H44N2O6. The number of carbonyl (C=O) groups is 2. The van der Waals surface area contributed by atoms with E-state index in [1.165, 1.54) is 0 Å². The summed E-state index contributed by atoms with van der Waals surface area (Å²) in [6, 6.07) is 0.181. The third kappa shape index (κ3) is 3.62. The molecule has 206 valence electrons. The van der Waals surface area contributed by atoms with E-state index in [1.54, 1.807) is 11.9 Å². The first kappa shape index (κ1) is 26.9. The molecule has 5 aliphatic rings. The summed E-state index contributed by atoms with van der Waals surface area (Å²) in [6.07, 6.45) is 5.17. The molecule has 0 aromatic heterocycles. The molecule has 2 saturated carbocycles. The number of aliphatic hydroxyl groups is 1. The molecule has 5 rings (SSSR count). The monoisotopic (exact) mass is 516 g/mol. The zero-order valence-electron chi connectivity index (χ0n) is 23.6. The van der Waals surface area contributed by atoms with Gasteiger partial charge in [0.25, 0.3) is 0 Å². The first-order chi connectivity index (χ1) is 17.2. The Morgan fingerprint density at radius 3 is 2.51 bits per heavy atom. The fourth-order valence-electron chi connectivity index (χ4n) is 7.69. The average Bonchev–Trinajstić information content (AvgIpc) is 2.94. The van der Waals surface area contributed by atoms with Gasteiger partial charge in [0.05, 0.1) is 12.0 Å². The van der Waals surface area contributed by atoms with Gasteiger partial charge in [-0.1, -0.05) is 32.9 Å². The zero-order chi connectivity index (χ0) is 27.1. The Morgan fingerprint density at radius 1 is 1.24 bits per heavy atom. The Labute approximate surface area is 220 Å². The molecular weight excluding hydrogens is 472 g/mol. The van der Waals surface area contributed by atoms with E-state index in [9.17, 15) is 14.7 Å². The lowest BCUT2D eigenvalue weighted by molar-refractivity contribution is -0.303. The van der Waals surface area contributed by atoms with Gasteiger partial charge in [-0.15, -0.1) is 0 Å². The topological polar surface area (TPSA) is 97.3 Å². The van der Waals surface area contributed by atoms with Gasteiger partial charge in [0, 0.05) is 25.0 Å². The lowest BCUT2D eigenvalue weighted by Gasteiger charge is -2.52. The quantitative estimate of drug-likeness (QED) is 0.554. The number of Topliss-reactive ketones (excluding diaryl/α,β-unsaturated/α-hetero) is 1. The molecule has 2 N–H and O–H groups in total. The van der Waals surface area contributed by atoms with E-state index in [0.717, 1.165) is 24.8 Å². The molecule has 0 aromatic carbocycles. The second-order valence-corrected chi connectivity index (χ2v) is 13.1. The highest BCUT2D eigenvalue weighted by Crippen LogP contribution is 2.63. The van der Waals surface area contributed by atoms with Gasteiger partial charge < -0.3 is 29.5 Å². The van der Waals surface area contributed by atoms with Crippen LogP contribution in [-0.2, 0) is 19.0 Å². The van der Waals surface area contributed by atoms with Gasteiger partial charge in [-0.05, 0) is 76.0 Å². The zero-order valence-corrected chi connectivity index (χ0v) is 23.6. The summed E-state index contributed by atoms with van der Waals surface area (Å²) in [5, 5.41) is 16.5. The van der Waals surface area contributed by atoms with Gasteiger partial charge in [-0.2, -0.15) is 0 Å². The van der Waals surface area contributed by atoms with Crippen LogP contribution in [0.1, 0.15) is 67.2 Å². The standard InChI is InChI=1S/C29H44N2O6/c1-16-14-28-17(2)12-21(30-7)26(3,4)20(22(28)32)13-18-15-35-27(5,6)37-24(18)29(28,34)23(16)36-25(33)31(8)19-10-9-11-19/h13-14,17,19-21,23-24,30,34H,9-12,15H2,1-8H3/t17-,20?,21?,23?,24?,28?,29?/m1/s1. The van der Waals surface area contributed by atoms with Gasteiger partial charge in [0.15, 0.2) is 23.3 Å². The SMILES string of the molecule is CNC1C[C@@H](C)C23C=C(C)C(OC(=O)N(C)C4CCC4)C2(O)C2OC(C)(C)OCC2=CC(C3=O)C1(C)C. The second kappa shape index (κ2) is 8.63. The van der Waals surface area contributed by atoms with Crippen LogP contribution in [0.5, 0.6) is 0 Å². The average molecular weight is 517 g/mol. The number of allylic oxidation sites excluding steroid dienone is 1. The van der Waals surface area contributed by atoms with Crippen molar-refractivity contribution >= 4 is 11.9 Å². The van der Waals surface area contributed by atoms with Crippen LogP contribution in [-0.4, -0.2) is 78.3 Å². The smallest absolute Gasteiger partial charge is 0.410 e. The van der Waals surface area contributed by atoms with Gasteiger partial charge in [-0.3, -0.25) is 4.79 Å². The van der Waals surface area contributed by atoms with E-state index in [4.69, 9.17) is 14.2 Å². The van der Waals surface area contributed by atoms with E-state index in [-0.39, 0.29) is 30.4 Å². The number of ketones is 1. The number of fused-ring (bicyclic) bond motifs is 3. The van der Waals surface area contributed by atoms with E-state index in [2.05, 4.69) is 19.2 Å². The highest BCUT2D eigenvalue weighted by molar-refractivity contribution is 5.95. The van der Waals surface area contributed by atoms with Gasteiger partial charge in [0.1, 0.15) is 6.10 Å². The number of amides is 1. The van der Waals surface area contributed by atoms with Crippen molar-refractivity contribution in [3.63, 3.8) is 0 Å². The number of hydrogen-bond donors (Lipinski definition) is 2. The van der Waals surface area contributed by atoms with Crippen LogP contribution in [0.3, 0.4) is 0 Å². The van der Waals surface area contributed by atoms with Crippen LogP contribution in [0, 0.1) is 22.7 Å². The van der Waals surface area contributed by atoms with Crippen LogP contribution >= 0.6 is 0 Å². The molecule has 8 nitrogen and oxygen atoms in total. The molecule has 2 bridgehead atoms. The number of rotatable bonds is 3. The summed E-state index contributed by atoms with van der Waals surface area (Å²) in [4.78, 5) is 29.8. The summed E-state index contributed by atoms with van der Waals surface area (Å²) < 4.78 is 18.7. The molecule has 4 aliphatic carbocycles. The van der Waals surface area contributed by atoms with Crippen molar-refractivity contribution < 1.29 is 28.9 Å². The molecule has 6 unspecified atom stereocenters. The predicted molar refractivity (Wildman–Crippen MR) is 139 cm³/mol. The largest absolute Gasteiger partial charge is 0.438 e.